The van der Waals surface area contributed by atoms with Crippen molar-refractivity contribution in [1.29, 1.82) is 0 Å². The molecule has 1 saturated heterocycles. The molecule has 0 radical (unpaired) electrons. The van der Waals surface area contributed by atoms with Crippen LogP contribution in [0, 0.1) is 0 Å². The zero-order valence-corrected chi connectivity index (χ0v) is 18.7. The Morgan fingerprint density at radius 3 is 2.73 bits per heavy atom. The highest BCUT2D eigenvalue weighted by Gasteiger charge is 2.39. The Kier molecular flexibility index (Phi) is 8.93. The zero-order chi connectivity index (χ0) is 17.6. The van der Waals surface area contributed by atoms with Gasteiger partial charge >= 0.3 is 0 Å². The minimum atomic E-state index is 0. The van der Waals surface area contributed by atoms with Crippen LogP contribution in [0.25, 0.3) is 0 Å². The van der Waals surface area contributed by atoms with Crippen LogP contribution in [0.5, 0.6) is 0 Å². The van der Waals surface area contributed by atoms with Crippen LogP contribution in [-0.4, -0.2) is 63.3 Å². The molecule has 1 aliphatic heterocycles. The molecule has 3 rings (SSSR count). The number of guanidine groups is 1. The molecule has 1 aliphatic carbocycles. The van der Waals surface area contributed by atoms with E-state index in [1.54, 1.807) is 7.11 Å². The van der Waals surface area contributed by atoms with Crippen LogP contribution in [-0.2, 0) is 4.74 Å². The van der Waals surface area contributed by atoms with Crippen molar-refractivity contribution in [2.75, 3.05) is 40.4 Å². The number of aliphatic imine (C=N–C) groups is 1. The zero-order valence-electron chi connectivity index (χ0n) is 15.6. The smallest absolute Gasteiger partial charge is 0.191 e. The third-order valence-corrected chi connectivity index (χ3v) is 5.39. The summed E-state index contributed by atoms with van der Waals surface area (Å²) in [5, 5.41) is 7.97. The fourth-order valence-electron chi connectivity index (χ4n) is 3.52. The molecular formula is C19H30ClIN4O. The van der Waals surface area contributed by atoms with Crippen LogP contribution in [0.3, 0.4) is 0 Å². The number of nitrogens with one attached hydrogen (secondary N) is 2. The molecule has 2 atom stereocenters. The number of likely N-dealkylation sites (tertiary alicyclic amines) is 1. The van der Waals surface area contributed by atoms with Crippen LogP contribution >= 0.6 is 35.6 Å². The number of ether oxygens (including phenoxy) is 1. The molecule has 2 aliphatic rings. The Morgan fingerprint density at radius 1 is 1.31 bits per heavy atom. The maximum Gasteiger partial charge on any atom is 0.191 e. The summed E-state index contributed by atoms with van der Waals surface area (Å²) in [6, 6.07) is 9.12. The van der Waals surface area contributed by atoms with Crippen LogP contribution in [0.4, 0.5) is 0 Å². The molecule has 2 N–H and O–H groups in total. The standard InChI is InChI=1S/C19H29ClN4O.HI/c1-21-19(22-16-6-8-24(9-7-16)10-11-25-2)23-18-13-17(18)14-4-3-5-15(20)12-14;/h3-5,12,16-18H,6-11,13H2,1-2H3,(H2,21,22,23);1H. The van der Waals surface area contributed by atoms with Gasteiger partial charge in [0.25, 0.3) is 0 Å². The van der Waals surface area contributed by atoms with Gasteiger partial charge in [-0.15, -0.1) is 24.0 Å². The summed E-state index contributed by atoms with van der Waals surface area (Å²) >= 11 is 6.10. The SMILES string of the molecule is CN=C(NC1CCN(CCOC)CC1)NC1CC1c1cccc(Cl)c1.I. The van der Waals surface area contributed by atoms with Gasteiger partial charge < -0.3 is 20.3 Å². The molecular weight excluding hydrogens is 463 g/mol. The Bertz CT molecular complexity index is 593. The lowest BCUT2D eigenvalue weighted by molar-refractivity contribution is 0.128. The normalized spacial score (nSPS) is 24.0. The van der Waals surface area contributed by atoms with E-state index < -0.39 is 0 Å². The first-order chi connectivity index (χ1) is 12.2. The first kappa shape index (κ1) is 21.7. The van der Waals surface area contributed by atoms with E-state index in [0.717, 1.165) is 56.5 Å². The highest BCUT2D eigenvalue weighted by atomic mass is 127. The molecule has 5 nitrogen and oxygen atoms in total. The lowest BCUT2D eigenvalue weighted by Gasteiger charge is -2.32. The maximum atomic E-state index is 6.10. The number of piperidine rings is 1. The topological polar surface area (TPSA) is 48.9 Å². The number of methoxy groups -OCH3 is 1. The largest absolute Gasteiger partial charge is 0.383 e. The highest BCUT2D eigenvalue weighted by molar-refractivity contribution is 14.0. The van der Waals surface area contributed by atoms with Crippen LogP contribution in [0.15, 0.2) is 29.3 Å². The number of nitrogens with zero attached hydrogens (tertiary/aromatic N) is 2. The number of halogens is 2. The van der Waals surface area contributed by atoms with Gasteiger partial charge in [0.2, 0.25) is 0 Å². The predicted octanol–water partition coefficient (Wildman–Crippen LogP) is 3.09. The van der Waals surface area contributed by atoms with Crippen molar-refractivity contribution in [3.63, 3.8) is 0 Å². The van der Waals surface area contributed by atoms with Gasteiger partial charge in [0.05, 0.1) is 6.61 Å². The molecule has 0 spiro atoms. The molecule has 2 unspecified atom stereocenters. The molecule has 0 bridgehead atoms. The third-order valence-electron chi connectivity index (χ3n) is 5.15. The fraction of sp³-hybridized carbons (Fsp3) is 0.632. The van der Waals surface area contributed by atoms with Gasteiger partial charge in [-0.3, -0.25) is 4.99 Å². The van der Waals surface area contributed by atoms with Crippen molar-refractivity contribution in [2.24, 2.45) is 4.99 Å². The molecule has 1 aromatic rings. The lowest BCUT2D eigenvalue weighted by atomic mass is 10.1. The van der Waals surface area contributed by atoms with Gasteiger partial charge in [0.1, 0.15) is 0 Å². The van der Waals surface area contributed by atoms with E-state index in [2.05, 4.69) is 32.7 Å². The molecule has 1 heterocycles. The van der Waals surface area contributed by atoms with Crippen molar-refractivity contribution >= 4 is 41.5 Å². The second-order valence-corrected chi connectivity index (χ2v) is 7.41. The summed E-state index contributed by atoms with van der Waals surface area (Å²) < 4.78 is 5.16. The van der Waals surface area contributed by atoms with Crippen molar-refractivity contribution in [3.8, 4) is 0 Å². The van der Waals surface area contributed by atoms with Crippen LogP contribution in [0.1, 0.15) is 30.7 Å². The Balaban J connectivity index is 0.00000243. The number of hydrogen-bond acceptors (Lipinski definition) is 3. The lowest BCUT2D eigenvalue weighted by Crippen LogP contribution is -2.49. The van der Waals surface area contributed by atoms with Gasteiger partial charge in [0, 0.05) is 56.8 Å². The van der Waals surface area contributed by atoms with Gasteiger partial charge in [-0.2, -0.15) is 0 Å². The molecule has 26 heavy (non-hydrogen) atoms. The first-order valence-corrected chi connectivity index (χ1v) is 9.54. The fourth-order valence-corrected chi connectivity index (χ4v) is 3.72. The van der Waals surface area contributed by atoms with Crippen LogP contribution in [0.2, 0.25) is 5.02 Å². The predicted molar refractivity (Wildman–Crippen MR) is 119 cm³/mol. The van der Waals surface area contributed by atoms with E-state index in [0.29, 0.717) is 18.0 Å². The molecule has 146 valence electrons. The summed E-state index contributed by atoms with van der Waals surface area (Å²) in [5.41, 5.74) is 1.31. The van der Waals surface area contributed by atoms with E-state index in [9.17, 15) is 0 Å². The molecule has 0 aromatic heterocycles. The van der Waals surface area contributed by atoms with Crippen LogP contribution < -0.4 is 10.6 Å². The first-order valence-electron chi connectivity index (χ1n) is 9.16. The monoisotopic (exact) mass is 492 g/mol. The average Bonchev–Trinajstić information content (AvgIpc) is 3.40. The quantitative estimate of drug-likeness (QED) is 0.364. The second kappa shape index (κ2) is 10.7. The van der Waals surface area contributed by atoms with E-state index in [1.165, 1.54) is 5.56 Å². The average molecular weight is 493 g/mol. The Hall–Kier alpha value is -0.570. The molecule has 1 aromatic carbocycles. The van der Waals surface area contributed by atoms with E-state index in [4.69, 9.17) is 16.3 Å². The van der Waals surface area contributed by atoms with Crippen molar-refractivity contribution in [1.82, 2.24) is 15.5 Å². The number of hydrogen-bond donors (Lipinski definition) is 2. The van der Waals surface area contributed by atoms with E-state index in [-0.39, 0.29) is 24.0 Å². The van der Waals surface area contributed by atoms with Crippen molar-refractivity contribution < 1.29 is 4.74 Å². The molecule has 0 amide bonds. The minimum Gasteiger partial charge on any atom is -0.383 e. The van der Waals surface area contributed by atoms with Gasteiger partial charge in [0.15, 0.2) is 5.96 Å². The van der Waals surface area contributed by atoms with Gasteiger partial charge in [-0.1, -0.05) is 23.7 Å². The van der Waals surface area contributed by atoms with Crippen molar-refractivity contribution in [2.45, 2.75) is 37.3 Å². The minimum absolute atomic E-state index is 0. The summed E-state index contributed by atoms with van der Waals surface area (Å²) in [7, 11) is 3.61. The second-order valence-electron chi connectivity index (χ2n) is 6.97. The molecule has 7 heteroatoms. The maximum absolute atomic E-state index is 6.10. The van der Waals surface area contributed by atoms with E-state index in [1.807, 2.05) is 19.2 Å². The summed E-state index contributed by atoms with van der Waals surface area (Å²) in [6.07, 6.45) is 3.43. The van der Waals surface area contributed by atoms with E-state index >= 15 is 0 Å². The van der Waals surface area contributed by atoms with Gasteiger partial charge in [-0.25, -0.2) is 0 Å². The summed E-state index contributed by atoms with van der Waals surface area (Å²) in [6.45, 7) is 4.08. The molecule has 1 saturated carbocycles. The Labute approximate surface area is 178 Å². The summed E-state index contributed by atoms with van der Waals surface area (Å²) in [4.78, 5) is 6.88. The van der Waals surface area contributed by atoms with Crippen molar-refractivity contribution in [3.05, 3.63) is 34.9 Å². The summed E-state index contributed by atoms with van der Waals surface area (Å²) in [5.74, 6) is 1.46. The third kappa shape index (κ3) is 6.25. The Morgan fingerprint density at radius 2 is 2.08 bits per heavy atom. The van der Waals surface area contributed by atoms with Gasteiger partial charge in [-0.05, 0) is 37.0 Å². The molecule has 2 fully saturated rings. The number of benzene rings is 1. The highest BCUT2D eigenvalue weighted by Crippen LogP contribution is 2.41. The number of rotatable bonds is 6.